The van der Waals surface area contributed by atoms with Gasteiger partial charge >= 0.3 is 5.97 Å². The molecule has 98 valence electrons. The van der Waals surface area contributed by atoms with Crippen molar-refractivity contribution in [2.45, 2.75) is 38.0 Å². The van der Waals surface area contributed by atoms with Gasteiger partial charge in [-0.3, -0.25) is 4.79 Å². The molecule has 1 fully saturated rings. The lowest BCUT2D eigenvalue weighted by Crippen LogP contribution is -2.22. The topological polar surface area (TPSA) is 66.3 Å². The summed E-state index contributed by atoms with van der Waals surface area (Å²) in [6, 6.07) is 1.83. The number of rotatable bonds is 5. The summed E-state index contributed by atoms with van der Waals surface area (Å²) in [5.41, 5.74) is 0. The maximum Gasteiger partial charge on any atom is 0.305 e. The summed E-state index contributed by atoms with van der Waals surface area (Å²) in [5.74, 6) is 1.42. The lowest BCUT2D eigenvalue weighted by molar-refractivity contribution is -0.136. The first-order chi connectivity index (χ1) is 8.66. The van der Waals surface area contributed by atoms with Gasteiger partial charge in [0.15, 0.2) is 0 Å². The number of carboxylic acid groups (broad SMARTS) is 1. The van der Waals surface area contributed by atoms with Gasteiger partial charge in [0, 0.05) is 25.7 Å². The molecule has 5 heteroatoms. The Morgan fingerprint density at radius 1 is 1.50 bits per heavy atom. The Morgan fingerprint density at radius 2 is 2.22 bits per heavy atom. The van der Waals surface area contributed by atoms with Crippen molar-refractivity contribution in [1.82, 2.24) is 9.97 Å². The van der Waals surface area contributed by atoms with E-state index in [1.54, 1.807) is 6.20 Å². The molecule has 0 amide bonds. The molecule has 1 saturated carbocycles. The highest BCUT2D eigenvalue weighted by molar-refractivity contribution is 5.67. The molecule has 1 aromatic rings. The highest BCUT2D eigenvalue weighted by Crippen LogP contribution is 2.32. The highest BCUT2D eigenvalue weighted by Gasteiger charge is 2.20. The largest absolute Gasteiger partial charge is 0.481 e. The van der Waals surface area contributed by atoms with E-state index in [2.05, 4.69) is 9.97 Å². The molecule has 2 rings (SSSR count). The third-order valence-corrected chi connectivity index (χ3v) is 3.43. The molecule has 5 nitrogen and oxygen atoms in total. The van der Waals surface area contributed by atoms with Crippen LogP contribution >= 0.6 is 0 Å². The predicted octanol–water partition coefficient (Wildman–Crippen LogP) is 2.05. The highest BCUT2D eigenvalue weighted by atomic mass is 16.4. The van der Waals surface area contributed by atoms with E-state index in [1.165, 1.54) is 25.7 Å². The van der Waals surface area contributed by atoms with Crippen molar-refractivity contribution in [3.05, 3.63) is 18.1 Å². The van der Waals surface area contributed by atoms with Crippen LogP contribution in [0.4, 0.5) is 5.82 Å². The molecule has 0 spiro atoms. The molecule has 0 radical (unpaired) electrons. The Morgan fingerprint density at radius 3 is 2.89 bits per heavy atom. The van der Waals surface area contributed by atoms with Crippen molar-refractivity contribution >= 4 is 11.8 Å². The molecule has 0 aliphatic heterocycles. The zero-order valence-corrected chi connectivity index (χ0v) is 10.7. The van der Waals surface area contributed by atoms with Crippen LogP contribution in [0.2, 0.25) is 0 Å². The molecule has 0 atom stereocenters. The van der Waals surface area contributed by atoms with Gasteiger partial charge in [-0.05, 0) is 18.9 Å². The van der Waals surface area contributed by atoms with Gasteiger partial charge in [-0.2, -0.15) is 0 Å². The van der Waals surface area contributed by atoms with Crippen LogP contribution in [0.1, 0.15) is 43.8 Å². The fourth-order valence-corrected chi connectivity index (χ4v) is 2.34. The fourth-order valence-electron chi connectivity index (χ4n) is 2.34. The minimum absolute atomic E-state index is 0.124. The van der Waals surface area contributed by atoms with Gasteiger partial charge in [-0.1, -0.05) is 12.8 Å². The molecular formula is C13H19N3O2. The first-order valence-corrected chi connectivity index (χ1v) is 6.42. The Kier molecular flexibility index (Phi) is 4.12. The van der Waals surface area contributed by atoms with Gasteiger partial charge in [0.1, 0.15) is 11.6 Å². The average Bonchev–Trinajstić information content (AvgIpc) is 2.90. The third kappa shape index (κ3) is 3.18. The second kappa shape index (κ2) is 5.80. The number of carbonyl (C=O) groups is 1. The minimum atomic E-state index is -0.785. The lowest BCUT2D eigenvalue weighted by Gasteiger charge is -2.18. The Bertz CT molecular complexity index is 416. The molecule has 1 aliphatic rings. The van der Waals surface area contributed by atoms with E-state index in [4.69, 9.17) is 5.11 Å². The van der Waals surface area contributed by atoms with Crippen LogP contribution in [0, 0.1) is 0 Å². The van der Waals surface area contributed by atoms with Crippen LogP contribution in [0.25, 0.3) is 0 Å². The second-order valence-corrected chi connectivity index (χ2v) is 4.82. The van der Waals surface area contributed by atoms with E-state index >= 15 is 0 Å². The van der Waals surface area contributed by atoms with Gasteiger partial charge in [0.05, 0.1) is 6.42 Å². The molecule has 0 bridgehead atoms. The number of aliphatic carboxylic acids is 1. The maximum atomic E-state index is 10.6. The minimum Gasteiger partial charge on any atom is -0.481 e. The Balaban J connectivity index is 2.03. The van der Waals surface area contributed by atoms with Crippen LogP contribution in [0.5, 0.6) is 0 Å². The van der Waals surface area contributed by atoms with Crippen molar-refractivity contribution in [1.29, 1.82) is 0 Å². The summed E-state index contributed by atoms with van der Waals surface area (Å²) in [4.78, 5) is 21.3. The Labute approximate surface area is 107 Å². The van der Waals surface area contributed by atoms with Crippen LogP contribution in [0.3, 0.4) is 0 Å². The lowest BCUT2D eigenvalue weighted by atomic mass is 10.1. The average molecular weight is 249 g/mol. The number of anilines is 1. The molecule has 1 N–H and O–H groups in total. The van der Waals surface area contributed by atoms with Crippen LogP contribution in [0.15, 0.2) is 12.3 Å². The van der Waals surface area contributed by atoms with E-state index in [0.717, 1.165) is 11.6 Å². The monoisotopic (exact) mass is 249 g/mol. The molecule has 1 aliphatic carbocycles. The second-order valence-electron chi connectivity index (χ2n) is 4.82. The summed E-state index contributed by atoms with van der Waals surface area (Å²) in [5, 5.41) is 8.68. The van der Waals surface area contributed by atoms with Crippen molar-refractivity contribution in [2.75, 3.05) is 18.5 Å². The van der Waals surface area contributed by atoms with E-state index in [-0.39, 0.29) is 6.42 Å². The standard InChI is InChI=1S/C13H19N3O2/c1-16(9-7-12(17)18)11-6-8-14-13(15-11)10-4-2-3-5-10/h6,8,10H,2-5,7,9H2,1H3,(H,17,18). The summed E-state index contributed by atoms with van der Waals surface area (Å²) < 4.78 is 0. The van der Waals surface area contributed by atoms with Gasteiger partial charge in [0.25, 0.3) is 0 Å². The van der Waals surface area contributed by atoms with Crippen molar-refractivity contribution < 1.29 is 9.90 Å². The quantitative estimate of drug-likeness (QED) is 0.865. The van der Waals surface area contributed by atoms with Crippen molar-refractivity contribution in [2.24, 2.45) is 0 Å². The normalized spacial score (nSPS) is 15.8. The van der Waals surface area contributed by atoms with Gasteiger partial charge in [-0.25, -0.2) is 9.97 Å². The van der Waals surface area contributed by atoms with Gasteiger partial charge in [-0.15, -0.1) is 0 Å². The number of hydrogen-bond acceptors (Lipinski definition) is 4. The van der Waals surface area contributed by atoms with Crippen LogP contribution in [-0.2, 0) is 4.79 Å². The van der Waals surface area contributed by atoms with Crippen molar-refractivity contribution in [3.8, 4) is 0 Å². The molecular weight excluding hydrogens is 230 g/mol. The number of aromatic nitrogens is 2. The molecule has 1 heterocycles. The zero-order valence-electron chi connectivity index (χ0n) is 10.7. The van der Waals surface area contributed by atoms with Crippen LogP contribution < -0.4 is 4.90 Å². The SMILES string of the molecule is CN(CCC(=O)O)c1ccnc(C2CCCC2)n1. The summed E-state index contributed by atoms with van der Waals surface area (Å²) >= 11 is 0. The Hall–Kier alpha value is -1.65. The third-order valence-electron chi connectivity index (χ3n) is 3.43. The summed E-state index contributed by atoms with van der Waals surface area (Å²) in [7, 11) is 1.86. The summed E-state index contributed by atoms with van der Waals surface area (Å²) in [6.45, 7) is 0.469. The van der Waals surface area contributed by atoms with E-state index in [1.807, 2.05) is 18.0 Å². The van der Waals surface area contributed by atoms with Crippen LogP contribution in [-0.4, -0.2) is 34.6 Å². The first-order valence-electron chi connectivity index (χ1n) is 6.42. The van der Waals surface area contributed by atoms with E-state index in [9.17, 15) is 4.79 Å². The van der Waals surface area contributed by atoms with Gasteiger partial charge in [0.2, 0.25) is 0 Å². The molecule has 0 unspecified atom stereocenters. The maximum absolute atomic E-state index is 10.6. The van der Waals surface area contributed by atoms with Gasteiger partial charge < -0.3 is 10.0 Å². The number of nitrogens with zero attached hydrogens (tertiary/aromatic N) is 3. The molecule has 18 heavy (non-hydrogen) atoms. The smallest absolute Gasteiger partial charge is 0.305 e. The predicted molar refractivity (Wildman–Crippen MR) is 68.8 cm³/mol. The molecule has 1 aromatic heterocycles. The number of carboxylic acids is 1. The molecule has 0 aromatic carbocycles. The van der Waals surface area contributed by atoms with E-state index in [0.29, 0.717) is 12.5 Å². The van der Waals surface area contributed by atoms with E-state index < -0.39 is 5.97 Å². The fraction of sp³-hybridized carbons (Fsp3) is 0.615. The molecule has 0 saturated heterocycles. The number of hydrogen-bond donors (Lipinski definition) is 1. The first kappa shape index (κ1) is 12.8. The van der Waals surface area contributed by atoms with Crippen molar-refractivity contribution in [3.63, 3.8) is 0 Å². The zero-order chi connectivity index (χ0) is 13.0. The summed E-state index contributed by atoms with van der Waals surface area (Å²) in [6.07, 6.45) is 6.75.